The molecule has 2 N–H and O–H groups in total. The van der Waals surface area contributed by atoms with Gasteiger partial charge in [0.2, 0.25) is 0 Å². The molecule has 2 rings (SSSR count). The van der Waals surface area contributed by atoms with E-state index in [4.69, 9.17) is 21.7 Å². The van der Waals surface area contributed by atoms with Crippen molar-refractivity contribution in [2.45, 2.75) is 77.7 Å². The normalized spacial score (nSPS) is 14.8. The molecule has 1 aliphatic carbocycles. The van der Waals surface area contributed by atoms with Gasteiger partial charge in [-0.3, -0.25) is 5.43 Å². The summed E-state index contributed by atoms with van der Waals surface area (Å²) in [5, 5.41) is 8.19. The predicted octanol–water partition coefficient (Wildman–Crippen LogP) is 5.18. The van der Waals surface area contributed by atoms with Crippen LogP contribution in [-0.4, -0.2) is 30.6 Å². The largest absolute Gasteiger partial charge is 0.490 e. The maximum absolute atomic E-state index is 5.90. The molecule has 0 radical (unpaired) electrons. The lowest BCUT2D eigenvalue weighted by atomic mass is 9.96. The Morgan fingerprint density at radius 3 is 2.68 bits per heavy atom. The summed E-state index contributed by atoms with van der Waals surface area (Å²) in [4.78, 5) is 0. The van der Waals surface area contributed by atoms with E-state index in [2.05, 4.69) is 22.8 Å². The molecule has 1 saturated carbocycles. The summed E-state index contributed by atoms with van der Waals surface area (Å²) in [6.45, 7) is 5.50. The van der Waals surface area contributed by atoms with E-state index in [0.29, 0.717) is 17.8 Å². The van der Waals surface area contributed by atoms with Gasteiger partial charge in [-0.05, 0) is 62.2 Å². The number of hydrogen-bond acceptors (Lipinski definition) is 4. The van der Waals surface area contributed by atoms with Crippen LogP contribution in [0.15, 0.2) is 23.3 Å². The summed E-state index contributed by atoms with van der Waals surface area (Å²) >= 11 is 5.34. The minimum atomic E-state index is 0.474. The zero-order valence-electron chi connectivity index (χ0n) is 17.3. The molecule has 0 atom stereocenters. The minimum absolute atomic E-state index is 0.474. The van der Waals surface area contributed by atoms with Crippen LogP contribution in [0.5, 0.6) is 11.5 Å². The fraction of sp³-hybridized carbons (Fsp3) is 0.636. The summed E-state index contributed by atoms with van der Waals surface area (Å²) in [6.07, 6.45) is 12.7. The van der Waals surface area contributed by atoms with Crippen LogP contribution in [0.3, 0.4) is 0 Å². The van der Waals surface area contributed by atoms with Gasteiger partial charge < -0.3 is 14.8 Å². The van der Waals surface area contributed by atoms with Crippen molar-refractivity contribution in [2.24, 2.45) is 5.10 Å². The molecular weight excluding hydrogens is 370 g/mol. The maximum Gasteiger partial charge on any atom is 0.187 e. The second-order valence-corrected chi connectivity index (χ2v) is 7.63. The first-order chi connectivity index (χ1) is 13.7. The highest BCUT2D eigenvalue weighted by atomic mass is 32.1. The molecule has 28 heavy (non-hydrogen) atoms. The average Bonchev–Trinajstić information content (AvgIpc) is 2.70. The van der Waals surface area contributed by atoms with Crippen molar-refractivity contribution in [1.82, 2.24) is 10.7 Å². The van der Waals surface area contributed by atoms with E-state index in [-0.39, 0.29) is 0 Å². The Balaban J connectivity index is 1.83. The van der Waals surface area contributed by atoms with Crippen molar-refractivity contribution < 1.29 is 9.47 Å². The third kappa shape index (κ3) is 8.46. The molecule has 1 aromatic rings. The average molecular weight is 406 g/mol. The van der Waals surface area contributed by atoms with Gasteiger partial charge in [-0.2, -0.15) is 5.10 Å². The predicted molar refractivity (Wildman–Crippen MR) is 121 cm³/mol. The second kappa shape index (κ2) is 13.4. The molecule has 1 aliphatic rings. The lowest BCUT2D eigenvalue weighted by Gasteiger charge is -2.23. The second-order valence-electron chi connectivity index (χ2n) is 7.23. The first kappa shape index (κ1) is 22.5. The number of rotatable bonds is 11. The van der Waals surface area contributed by atoms with Crippen molar-refractivity contribution in [3.8, 4) is 11.5 Å². The Hall–Kier alpha value is -1.82. The van der Waals surface area contributed by atoms with Gasteiger partial charge in [-0.15, -0.1) is 0 Å². The summed E-state index contributed by atoms with van der Waals surface area (Å²) in [5.41, 5.74) is 3.86. The number of nitrogens with zero attached hydrogens (tertiary/aromatic N) is 1. The van der Waals surface area contributed by atoms with Crippen molar-refractivity contribution in [2.75, 3.05) is 13.2 Å². The van der Waals surface area contributed by atoms with Crippen LogP contribution in [-0.2, 0) is 0 Å². The van der Waals surface area contributed by atoms with Gasteiger partial charge in [0.1, 0.15) is 0 Å². The van der Waals surface area contributed by atoms with Crippen molar-refractivity contribution in [3.63, 3.8) is 0 Å². The van der Waals surface area contributed by atoms with Gasteiger partial charge >= 0.3 is 0 Å². The monoisotopic (exact) mass is 405 g/mol. The van der Waals surface area contributed by atoms with E-state index >= 15 is 0 Å². The first-order valence-corrected chi connectivity index (χ1v) is 11.1. The van der Waals surface area contributed by atoms with Crippen LogP contribution in [0.4, 0.5) is 0 Å². The van der Waals surface area contributed by atoms with E-state index < -0.39 is 0 Å². The van der Waals surface area contributed by atoms with Crippen LogP contribution in [0.25, 0.3) is 0 Å². The van der Waals surface area contributed by atoms with Crippen LogP contribution < -0.4 is 20.2 Å². The molecule has 0 amide bonds. The Kier molecular flexibility index (Phi) is 10.7. The van der Waals surface area contributed by atoms with Crippen molar-refractivity contribution in [1.29, 1.82) is 0 Å². The molecule has 0 aromatic heterocycles. The summed E-state index contributed by atoms with van der Waals surface area (Å²) in [6, 6.07) is 6.35. The van der Waals surface area contributed by atoms with Gasteiger partial charge in [0.05, 0.1) is 19.4 Å². The third-order valence-corrected chi connectivity index (χ3v) is 5.05. The smallest absolute Gasteiger partial charge is 0.187 e. The molecule has 0 aliphatic heterocycles. The molecule has 1 aromatic carbocycles. The number of hydrogen-bond donors (Lipinski definition) is 2. The van der Waals surface area contributed by atoms with Crippen LogP contribution in [0.2, 0.25) is 0 Å². The molecule has 0 unspecified atom stereocenters. The number of benzene rings is 1. The van der Waals surface area contributed by atoms with E-state index in [1.54, 1.807) is 6.21 Å². The molecule has 6 heteroatoms. The zero-order chi connectivity index (χ0) is 20.0. The van der Waals surface area contributed by atoms with Gasteiger partial charge in [0.15, 0.2) is 16.6 Å². The highest BCUT2D eigenvalue weighted by Gasteiger charge is 2.13. The molecule has 0 bridgehead atoms. The van der Waals surface area contributed by atoms with E-state index in [0.717, 1.165) is 30.1 Å². The van der Waals surface area contributed by atoms with Crippen LogP contribution in [0, 0.1) is 0 Å². The fourth-order valence-electron chi connectivity index (χ4n) is 3.33. The zero-order valence-corrected chi connectivity index (χ0v) is 18.2. The molecule has 5 nitrogen and oxygen atoms in total. The van der Waals surface area contributed by atoms with Gasteiger partial charge in [-0.1, -0.05) is 45.4 Å². The quantitative estimate of drug-likeness (QED) is 0.230. The molecule has 0 saturated heterocycles. The highest BCUT2D eigenvalue weighted by molar-refractivity contribution is 7.80. The van der Waals surface area contributed by atoms with Gasteiger partial charge in [-0.25, -0.2) is 0 Å². The molecule has 156 valence electrons. The van der Waals surface area contributed by atoms with Crippen molar-refractivity contribution >= 4 is 23.5 Å². The SMILES string of the molecule is CCCCCCOc1ccc(/C=N/NC(=S)NC2CCCCC2)cc1OCC. The Labute approximate surface area is 175 Å². The summed E-state index contributed by atoms with van der Waals surface area (Å²) in [5.74, 6) is 1.54. The first-order valence-electron chi connectivity index (χ1n) is 10.7. The van der Waals surface area contributed by atoms with E-state index in [1.807, 2.05) is 25.1 Å². The third-order valence-electron chi connectivity index (χ3n) is 4.84. The number of nitrogens with one attached hydrogen (secondary N) is 2. The van der Waals surface area contributed by atoms with E-state index in [1.165, 1.54) is 51.4 Å². The van der Waals surface area contributed by atoms with Gasteiger partial charge in [0, 0.05) is 6.04 Å². The lowest BCUT2D eigenvalue weighted by Crippen LogP contribution is -2.40. The number of hydrazone groups is 1. The van der Waals surface area contributed by atoms with Crippen LogP contribution >= 0.6 is 12.2 Å². The number of unbranched alkanes of at least 4 members (excludes halogenated alkanes) is 3. The minimum Gasteiger partial charge on any atom is -0.490 e. The summed E-state index contributed by atoms with van der Waals surface area (Å²) in [7, 11) is 0. The molecule has 0 spiro atoms. The summed E-state index contributed by atoms with van der Waals surface area (Å²) < 4.78 is 11.6. The Bertz CT molecular complexity index is 616. The highest BCUT2D eigenvalue weighted by Crippen LogP contribution is 2.28. The lowest BCUT2D eigenvalue weighted by molar-refractivity contribution is 0.270. The maximum atomic E-state index is 5.90. The van der Waals surface area contributed by atoms with Crippen molar-refractivity contribution in [3.05, 3.63) is 23.8 Å². The number of thiocarbonyl (C=S) groups is 1. The molecule has 1 fully saturated rings. The Morgan fingerprint density at radius 2 is 1.93 bits per heavy atom. The van der Waals surface area contributed by atoms with Crippen LogP contribution in [0.1, 0.15) is 77.2 Å². The standard InChI is InChI=1S/C22H35N3O2S/c1-3-5-6-10-15-27-20-14-13-18(16-21(20)26-4-2)17-23-25-22(28)24-19-11-8-7-9-12-19/h13-14,16-17,19H,3-12,15H2,1-2H3,(H2,24,25,28)/b23-17+. The fourth-order valence-corrected chi connectivity index (χ4v) is 3.55. The number of ether oxygens (including phenoxy) is 2. The van der Waals surface area contributed by atoms with E-state index in [9.17, 15) is 0 Å². The molecular formula is C22H35N3O2S. The Morgan fingerprint density at radius 1 is 1.11 bits per heavy atom. The topological polar surface area (TPSA) is 54.9 Å². The molecule has 0 heterocycles. The van der Waals surface area contributed by atoms with Gasteiger partial charge in [0.25, 0.3) is 0 Å².